The molecule has 4 aromatic rings. The monoisotopic (exact) mass is 586 g/mol. The molecule has 1 aliphatic heterocycles. The van der Waals surface area contributed by atoms with E-state index in [1.165, 1.54) is 50.3 Å². The number of nitrogens with two attached hydrogens (primary N) is 1. The van der Waals surface area contributed by atoms with Gasteiger partial charge in [0.25, 0.3) is 0 Å². The van der Waals surface area contributed by atoms with E-state index < -0.39 is 10.0 Å². The van der Waals surface area contributed by atoms with Crippen molar-refractivity contribution in [1.82, 2.24) is 15.2 Å². The fraction of sp³-hybridized carbons (Fsp3) is 0.406. The molecule has 2 aliphatic rings. The maximum absolute atomic E-state index is 11.9. The molecule has 0 radical (unpaired) electrons. The summed E-state index contributed by atoms with van der Waals surface area (Å²) >= 11 is 0. The van der Waals surface area contributed by atoms with Crippen LogP contribution in [0.15, 0.2) is 76.2 Å². The van der Waals surface area contributed by atoms with Crippen molar-refractivity contribution in [3.63, 3.8) is 0 Å². The third kappa shape index (κ3) is 6.65. The van der Waals surface area contributed by atoms with Gasteiger partial charge in [0.2, 0.25) is 21.8 Å². The minimum absolute atomic E-state index is 0.109. The zero-order chi connectivity index (χ0) is 29.1. The highest BCUT2D eigenvalue weighted by Gasteiger charge is 2.30. The van der Waals surface area contributed by atoms with Crippen LogP contribution in [0.25, 0.3) is 22.6 Å². The average molecular weight is 587 g/mol. The Morgan fingerprint density at radius 2 is 1.76 bits per heavy atom. The van der Waals surface area contributed by atoms with Crippen LogP contribution in [-0.4, -0.2) is 42.7 Å². The predicted octanol–water partition coefficient (Wildman–Crippen LogP) is 6.03. The number of pyridine rings is 1. The Balaban J connectivity index is 1.11. The molecule has 9 nitrogen and oxygen atoms in total. The second kappa shape index (κ2) is 12.2. The lowest BCUT2D eigenvalue weighted by molar-refractivity contribution is 0.247. The minimum Gasteiger partial charge on any atom is -0.421 e. The molecule has 0 unspecified atom stereocenters. The van der Waals surface area contributed by atoms with E-state index in [0.717, 1.165) is 42.0 Å². The predicted molar refractivity (Wildman–Crippen MR) is 164 cm³/mol. The number of rotatable bonds is 8. The van der Waals surface area contributed by atoms with Gasteiger partial charge in [0, 0.05) is 43.5 Å². The van der Waals surface area contributed by atoms with Crippen molar-refractivity contribution in [2.24, 2.45) is 17.0 Å². The fourth-order valence-corrected chi connectivity index (χ4v) is 7.12. The minimum atomic E-state index is -3.77. The molecule has 42 heavy (non-hydrogen) atoms. The number of hydrogen-bond donors (Lipinski definition) is 2. The van der Waals surface area contributed by atoms with Crippen molar-refractivity contribution in [2.45, 2.75) is 62.8 Å². The van der Waals surface area contributed by atoms with E-state index in [9.17, 15) is 8.42 Å². The molecule has 0 amide bonds. The van der Waals surface area contributed by atoms with Crippen LogP contribution in [0, 0.1) is 18.8 Å². The van der Waals surface area contributed by atoms with Gasteiger partial charge in [-0.05, 0) is 104 Å². The molecule has 10 heteroatoms. The van der Waals surface area contributed by atoms with Gasteiger partial charge in [0.05, 0.1) is 4.90 Å². The number of benzene rings is 2. The second-order valence-corrected chi connectivity index (χ2v) is 13.2. The first-order valence-electron chi connectivity index (χ1n) is 14.8. The van der Waals surface area contributed by atoms with Gasteiger partial charge in [0.1, 0.15) is 5.82 Å². The van der Waals surface area contributed by atoms with Gasteiger partial charge in [-0.1, -0.05) is 25.0 Å². The first kappa shape index (κ1) is 28.4. The first-order chi connectivity index (χ1) is 20.3. The Labute approximate surface area is 247 Å². The van der Waals surface area contributed by atoms with Gasteiger partial charge >= 0.3 is 0 Å². The molecule has 2 aromatic carbocycles. The summed E-state index contributed by atoms with van der Waals surface area (Å²) in [5.74, 6) is 3.19. The Morgan fingerprint density at radius 3 is 2.55 bits per heavy atom. The Kier molecular flexibility index (Phi) is 8.26. The standard InChI is InChI=1S/C32H38N6O3S/c1-22-36-37-32(41-22)24-11-13-28(14-12-24)38-17-5-6-23(21-38)18-27-7-2-3-10-30(27)35-31-20-26(15-16-34-31)25-8-4-9-29(19-25)42(33,39)40/h4,8-9,11-16,19-20,23,27,30H,2-3,5-7,10,17-18,21H2,1H3,(H,34,35)(H2,33,39,40)/t23-,27+,30-/m1/s1. The van der Waals surface area contributed by atoms with Gasteiger partial charge < -0.3 is 14.6 Å². The number of piperidine rings is 1. The third-order valence-electron chi connectivity index (χ3n) is 8.66. The summed E-state index contributed by atoms with van der Waals surface area (Å²) in [6.07, 6.45) is 10.3. The quantitative estimate of drug-likeness (QED) is 0.256. The zero-order valence-corrected chi connectivity index (χ0v) is 24.8. The smallest absolute Gasteiger partial charge is 0.247 e. The number of anilines is 2. The van der Waals surface area contributed by atoms with Crippen molar-refractivity contribution in [2.75, 3.05) is 23.3 Å². The lowest BCUT2D eigenvalue weighted by Crippen LogP contribution is -2.39. The van der Waals surface area contributed by atoms with Crippen LogP contribution in [0.2, 0.25) is 0 Å². The number of sulfonamides is 1. The zero-order valence-electron chi connectivity index (χ0n) is 23.9. The van der Waals surface area contributed by atoms with Crippen LogP contribution in [0.3, 0.4) is 0 Å². The van der Waals surface area contributed by atoms with E-state index in [2.05, 4.69) is 49.7 Å². The lowest BCUT2D eigenvalue weighted by atomic mass is 9.77. The molecule has 3 N–H and O–H groups in total. The maximum Gasteiger partial charge on any atom is 0.247 e. The summed E-state index contributed by atoms with van der Waals surface area (Å²) in [6, 6.07) is 19.5. The molecular formula is C32H38N6O3S. The number of hydrogen-bond acceptors (Lipinski definition) is 8. The first-order valence-corrected chi connectivity index (χ1v) is 16.4. The second-order valence-electron chi connectivity index (χ2n) is 11.7. The van der Waals surface area contributed by atoms with E-state index in [1.807, 2.05) is 18.2 Å². The van der Waals surface area contributed by atoms with Crippen LogP contribution in [0.1, 0.15) is 50.8 Å². The topological polar surface area (TPSA) is 127 Å². The molecule has 1 saturated heterocycles. The molecule has 3 heterocycles. The molecule has 220 valence electrons. The molecule has 2 aromatic heterocycles. The number of nitrogens with one attached hydrogen (secondary N) is 1. The Hall–Kier alpha value is -3.76. The van der Waals surface area contributed by atoms with Gasteiger partial charge in [-0.2, -0.15) is 0 Å². The molecule has 6 rings (SSSR count). The fourth-order valence-electron chi connectivity index (χ4n) is 6.56. The van der Waals surface area contributed by atoms with Crippen LogP contribution < -0.4 is 15.4 Å². The third-order valence-corrected chi connectivity index (χ3v) is 9.57. The molecule has 0 bridgehead atoms. The van der Waals surface area contributed by atoms with E-state index in [1.54, 1.807) is 25.3 Å². The van der Waals surface area contributed by atoms with Crippen LogP contribution in [0.5, 0.6) is 0 Å². The van der Waals surface area contributed by atoms with Crippen LogP contribution in [0.4, 0.5) is 11.5 Å². The van der Waals surface area contributed by atoms with Crippen molar-refractivity contribution >= 4 is 21.5 Å². The van der Waals surface area contributed by atoms with Crippen molar-refractivity contribution < 1.29 is 12.8 Å². The normalized spacial score (nSPS) is 21.3. The van der Waals surface area contributed by atoms with Gasteiger partial charge in [-0.3, -0.25) is 0 Å². The number of nitrogens with zero attached hydrogens (tertiary/aromatic N) is 4. The van der Waals surface area contributed by atoms with Crippen molar-refractivity contribution in [3.8, 4) is 22.6 Å². The lowest BCUT2D eigenvalue weighted by Gasteiger charge is -2.39. The molecular weight excluding hydrogens is 548 g/mol. The van der Waals surface area contributed by atoms with E-state index >= 15 is 0 Å². The van der Waals surface area contributed by atoms with E-state index in [-0.39, 0.29) is 4.90 Å². The van der Waals surface area contributed by atoms with E-state index in [0.29, 0.717) is 29.7 Å². The highest BCUT2D eigenvalue weighted by Crippen LogP contribution is 2.36. The molecule has 1 aliphatic carbocycles. The molecule has 2 fully saturated rings. The molecule has 0 spiro atoms. The van der Waals surface area contributed by atoms with Crippen molar-refractivity contribution in [1.29, 1.82) is 0 Å². The summed E-state index contributed by atoms with van der Waals surface area (Å²) in [5, 5.41) is 17.2. The highest BCUT2D eigenvalue weighted by atomic mass is 32.2. The van der Waals surface area contributed by atoms with Crippen molar-refractivity contribution in [3.05, 3.63) is 72.8 Å². The number of aromatic nitrogens is 3. The van der Waals surface area contributed by atoms with Gasteiger partial charge in [0.15, 0.2) is 0 Å². The number of aryl methyl sites for hydroxylation is 1. The Bertz CT molecular complexity index is 1620. The number of primary sulfonamides is 1. The van der Waals surface area contributed by atoms with Crippen LogP contribution >= 0.6 is 0 Å². The average Bonchev–Trinajstić information content (AvgIpc) is 3.44. The summed E-state index contributed by atoms with van der Waals surface area (Å²) in [5.41, 5.74) is 3.90. The summed E-state index contributed by atoms with van der Waals surface area (Å²) < 4.78 is 29.3. The molecule has 1 saturated carbocycles. The Morgan fingerprint density at radius 1 is 0.952 bits per heavy atom. The molecule has 3 atom stereocenters. The maximum atomic E-state index is 11.9. The summed E-state index contributed by atoms with van der Waals surface area (Å²) in [6.45, 7) is 3.94. The van der Waals surface area contributed by atoms with Gasteiger partial charge in [-0.25, -0.2) is 18.5 Å². The van der Waals surface area contributed by atoms with Crippen LogP contribution in [-0.2, 0) is 10.0 Å². The summed E-state index contributed by atoms with van der Waals surface area (Å²) in [4.78, 5) is 7.24. The SMILES string of the molecule is Cc1nnc(-c2ccc(N3CCC[C@H](C[C@@H]4CCCC[C@H]4Nc4cc(-c5cccc(S(N)(=O)=O)c5)ccn4)C3)cc2)o1. The largest absolute Gasteiger partial charge is 0.421 e. The summed E-state index contributed by atoms with van der Waals surface area (Å²) in [7, 11) is -3.77. The van der Waals surface area contributed by atoms with Gasteiger partial charge in [-0.15, -0.1) is 10.2 Å². The van der Waals surface area contributed by atoms with E-state index in [4.69, 9.17) is 9.56 Å². The highest BCUT2D eigenvalue weighted by molar-refractivity contribution is 7.89.